The molecule has 1 fully saturated rings. The first-order chi connectivity index (χ1) is 14.5. The largest absolute Gasteiger partial charge is 0.484 e. The van der Waals surface area contributed by atoms with Crippen LogP contribution in [-0.2, 0) is 17.9 Å². The van der Waals surface area contributed by atoms with Crippen molar-refractivity contribution < 1.29 is 9.53 Å². The van der Waals surface area contributed by atoms with E-state index in [0.717, 1.165) is 30.5 Å². The van der Waals surface area contributed by atoms with Gasteiger partial charge in [0.2, 0.25) is 0 Å². The Hall–Kier alpha value is -2.44. The number of benzene rings is 2. The molecule has 2 aromatic carbocycles. The number of hydrogen-bond acceptors (Lipinski definition) is 3. The molecular weight excluding hydrogens is 423 g/mol. The molecule has 1 amide bonds. The van der Waals surface area contributed by atoms with E-state index in [9.17, 15) is 4.79 Å². The van der Waals surface area contributed by atoms with Crippen molar-refractivity contribution >= 4 is 35.1 Å². The molecule has 0 bridgehead atoms. The Morgan fingerprint density at radius 2 is 2.00 bits per heavy atom. The van der Waals surface area contributed by atoms with Crippen molar-refractivity contribution in [3.8, 4) is 5.75 Å². The van der Waals surface area contributed by atoms with Crippen molar-refractivity contribution in [2.45, 2.75) is 38.9 Å². The normalized spacial score (nSPS) is 13.6. The van der Waals surface area contributed by atoms with Crippen LogP contribution < -0.4 is 20.7 Å². The van der Waals surface area contributed by atoms with Gasteiger partial charge in [-0.1, -0.05) is 41.4 Å². The Bertz CT molecular complexity index is 900. The molecule has 0 atom stereocenters. The van der Waals surface area contributed by atoms with Crippen molar-refractivity contribution in [2.75, 3.05) is 13.2 Å². The highest BCUT2D eigenvalue weighted by Gasteiger charge is 2.23. The highest BCUT2D eigenvalue weighted by molar-refractivity contribution is 6.35. The van der Waals surface area contributed by atoms with E-state index in [-0.39, 0.29) is 12.5 Å². The Labute approximate surface area is 187 Å². The van der Waals surface area contributed by atoms with Crippen LogP contribution in [0.15, 0.2) is 47.5 Å². The maximum absolute atomic E-state index is 11.8. The molecule has 3 N–H and O–H groups in total. The number of nitrogens with one attached hydrogen (secondary N) is 3. The van der Waals surface area contributed by atoms with Gasteiger partial charge >= 0.3 is 0 Å². The van der Waals surface area contributed by atoms with Crippen LogP contribution in [0.1, 0.15) is 30.9 Å². The van der Waals surface area contributed by atoms with Crippen molar-refractivity contribution in [2.24, 2.45) is 4.99 Å². The third-order valence-electron chi connectivity index (χ3n) is 4.44. The van der Waals surface area contributed by atoms with E-state index >= 15 is 0 Å². The topological polar surface area (TPSA) is 74.8 Å². The summed E-state index contributed by atoms with van der Waals surface area (Å²) in [6.07, 6.45) is 2.12. The summed E-state index contributed by atoms with van der Waals surface area (Å²) in [5.41, 5.74) is 1.92. The second-order valence-corrected chi connectivity index (χ2v) is 7.91. The van der Waals surface area contributed by atoms with E-state index in [2.05, 4.69) is 20.9 Å². The lowest BCUT2D eigenvalue weighted by Crippen LogP contribution is -2.36. The number of carbonyl (C=O) groups excluding carboxylic acids is 1. The summed E-state index contributed by atoms with van der Waals surface area (Å²) in [4.78, 5) is 16.4. The molecule has 0 unspecified atom stereocenters. The monoisotopic (exact) mass is 448 g/mol. The van der Waals surface area contributed by atoms with Gasteiger partial charge in [-0.3, -0.25) is 4.79 Å². The van der Waals surface area contributed by atoms with E-state index < -0.39 is 0 Å². The van der Waals surface area contributed by atoms with Gasteiger partial charge < -0.3 is 20.7 Å². The van der Waals surface area contributed by atoms with Crippen LogP contribution in [0.4, 0.5) is 0 Å². The summed E-state index contributed by atoms with van der Waals surface area (Å²) in [7, 11) is 0. The average molecular weight is 449 g/mol. The fraction of sp³-hybridized carbons (Fsp3) is 0.364. The van der Waals surface area contributed by atoms with Crippen molar-refractivity contribution in [3.05, 3.63) is 63.6 Å². The lowest BCUT2D eigenvalue weighted by Gasteiger charge is -2.13. The van der Waals surface area contributed by atoms with Crippen LogP contribution in [0.2, 0.25) is 10.0 Å². The number of nitrogens with zero attached hydrogens (tertiary/aromatic N) is 1. The number of rotatable bonds is 9. The van der Waals surface area contributed by atoms with Gasteiger partial charge in [-0.2, -0.15) is 0 Å². The van der Waals surface area contributed by atoms with Gasteiger partial charge in [-0.25, -0.2) is 4.99 Å². The molecule has 8 heteroatoms. The molecular formula is C22H26Cl2N4O2. The Morgan fingerprint density at radius 3 is 2.73 bits per heavy atom. The van der Waals surface area contributed by atoms with Crippen LogP contribution in [0.5, 0.6) is 5.75 Å². The molecule has 3 rings (SSSR count). The SMILES string of the molecule is CCNC(=NCc1cccc(OCC(=O)NC2CC2)c1)NCc1ccc(Cl)cc1Cl. The molecule has 0 aromatic heterocycles. The third kappa shape index (κ3) is 7.43. The molecule has 1 aliphatic rings. The van der Waals surface area contributed by atoms with Gasteiger partial charge in [-0.15, -0.1) is 0 Å². The first-order valence-electron chi connectivity index (χ1n) is 10.0. The van der Waals surface area contributed by atoms with E-state index in [1.807, 2.05) is 43.3 Å². The zero-order valence-electron chi connectivity index (χ0n) is 16.9. The number of hydrogen-bond donors (Lipinski definition) is 3. The quantitative estimate of drug-likeness (QED) is 0.401. The zero-order chi connectivity index (χ0) is 21.3. The minimum absolute atomic E-state index is 0.0231. The van der Waals surface area contributed by atoms with Crippen LogP contribution in [0.3, 0.4) is 0 Å². The Kier molecular flexibility index (Phi) is 8.22. The minimum atomic E-state index is -0.0829. The van der Waals surface area contributed by atoms with Crippen molar-refractivity contribution in [3.63, 3.8) is 0 Å². The second kappa shape index (κ2) is 11.1. The second-order valence-electron chi connectivity index (χ2n) is 7.06. The molecule has 0 saturated heterocycles. The van der Waals surface area contributed by atoms with Crippen LogP contribution >= 0.6 is 23.2 Å². The maximum atomic E-state index is 11.8. The minimum Gasteiger partial charge on any atom is -0.484 e. The number of amides is 1. The fourth-order valence-corrected chi connectivity index (χ4v) is 3.21. The molecule has 0 heterocycles. The lowest BCUT2D eigenvalue weighted by molar-refractivity contribution is -0.123. The molecule has 2 aromatic rings. The molecule has 0 spiro atoms. The molecule has 160 valence electrons. The first kappa shape index (κ1) is 22.2. The summed E-state index contributed by atoms with van der Waals surface area (Å²) < 4.78 is 5.60. The molecule has 0 aliphatic heterocycles. The molecule has 0 radical (unpaired) electrons. The van der Waals surface area contributed by atoms with Crippen LogP contribution in [-0.4, -0.2) is 31.1 Å². The standard InChI is InChI=1S/C22H26Cl2N4O2/c1-2-25-22(27-13-16-6-7-17(23)11-20(16)24)26-12-15-4-3-5-19(10-15)30-14-21(29)28-18-8-9-18/h3-7,10-11,18H,2,8-9,12-14H2,1H3,(H,28,29)(H2,25,26,27). The van der Waals surface area contributed by atoms with Gasteiger partial charge in [0.1, 0.15) is 5.75 Å². The summed E-state index contributed by atoms with van der Waals surface area (Å²) >= 11 is 12.2. The van der Waals surface area contributed by atoms with Crippen LogP contribution in [0, 0.1) is 0 Å². The van der Waals surface area contributed by atoms with Gasteiger partial charge in [0.05, 0.1) is 6.54 Å². The predicted octanol–water partition coefficient (Wildman–Crippen LogP) is 3.91. The summed E-state index contributed by atoms with van der Waals surface area (Å²) in [6, 6.07) is 13.4. The lowest BCUT2D eigenvalue weighted by atomic mass is 10.2. The zero-order valence-corrected chi connectivity index (χ0v) is 18.4. The van der Waals surface area contributed by atoms with E-state index in [4.69, 9.17) is 27.9 Å². The van der Waals surface area contributed by atoms with Crippen LogP contribution in [0.25, 0.3) is 0 Å². The Morgan fingerprint density at radius 1 is 1.17 bits per heavy atom. The number of aliphatic imine (C=N–C) groups is 1. The number of carbonyl (C=O) groups is 1. The maximum Gasteiger partial charge on any atom is 0.258 e. The third-order valence-corrected chi connectivity index (χ3v) is 5.02. The average Bonchev–Trinajstić information content (AvgIpc) is 3.54. The number of halogens is 2. The fourth-order valence-electron chi connectivity index (χ4n) is 2.74. The molecule has 6 nitrogen and oxygen atoms in total. The van der Waals surface area contributed by atoms with Gasteiger partial charge in [0, 0.05) is 29.2 Å². The summed E-state index contributed by atoms with van der Waals surface area (Å²) in [6.45, 7) is 3.76. The van der Waals surface area contributed by atoms with Gasteiger partial charge in [-0.05, 0) is 55.2 Å². The number of ether oxygens (including phenoxy) is 1. The first-order valence-corrected chi connectivity index (χ1v) is 10.8. The number of guanidine groups is 1. The Balaban J connectivity index is 1.54. The van der Waals surface area contributed by atoms with Crippen molar-refractivity contribution in [1.82, 2.24) is 16.0 Å². The van der Waals surface area contributed by atoms with E-state index in [0.29, 0.717) is 40.9 Å². The van der Waals surface area contributed by atoms with Crippen molar-refractivity contribution in [1.29, 1.82) is 0 Å². The van der Waals surface area contributed by atoms with E-state index in [1.54, 1.807) is 6.07 Å². The molecule has 30 heavy (non-hydrogen) atoms. The molecule has 1 aliphatic carbocycles. The van der Waals surface area contributed by atoms with E-state index in [1.165, 1.54) is 0 Å². The highest BCUT2D eigenvalue weighted by Crippen LogP contribution is 2.21. The summed E-state index contributed by atoms with van der Waals surface area (Å²) in [5, 5.41) is 10.6. The van der Waals surface area contributed by atoms with Gasteiger partial charge in [0.15, 0.2) is 12.6 Å². The summed E-state index contributed by atoms with van der Waals surface area (Å²) in [5.74, 6) is 1.25. The highest BCUT2D eigenvalue weighted by atomic mass is 35.5. The molecule has 1 saturated carbocycles. The van der Waals surface area contributed by atoms with Gasteiger partial charge in [0.25, 0.3) is 5.91 Å². The predicted molar refractivity (Wildman–Crippen MR) is 121 cm³/mol. The smallest absolute Gasteiger partial charge is 0.258 e.